The maximum absolute atomic E-state index is 13.7. The Kier molecular flexibility index (Phi) is 5.62. The van der Waals surface area contributed by atoms with Crippen molar-refractivity contribution in [1.82, 2.24) is 9.55 Å². The van der Waals surface area contributed by atoms with E-state index in [1.54, 1.807) is 27.7 Å². The van der Waals surface area contributed by atoms with Gasteiger partial charge in [-0.05, 0) is 54.3 Å². The van der Waals surface area contributed by atoms with Crippen LogP contribution >= 0.6 is 23.1 Å². The van der Waals surface area contributed by atoms with E-state index in [0.29, 0.717) is 0 Å². The third-order valence-electron chi connectivity index (χ3n) is 5.88. The molecule has 0 radical (unpaired) electrons. The molecular formula is C27H24N2OS2. The van der Waals surface area contributed by atoms with Gasteiger partial charge in [0.25, 0.3) is 5.56 Å². The molecule has 0 amide bonds. The van der Waals surface area contributed by atoms with Crippen LogP contribution in [0, 0.1) is 13.8 Å². The molecule has 5 heteroatoms. The number of hydrogen-bond donors (Lipinski definition) is 0. The van der Waals surface area contributed by atoms with Crippen LogP contribution in [0.4, 0.5) is 0 Å². The fourth-order valence-electron chi connectivity index (χ4n) is 4.13. The molecule has 0 fully saturated rings. The normalized spacial score (nSPS) is 11.5. The maximum atomic E-state index is 13.7. The van der Waals surface area contributed by atoms with Gasteiger partial charge in [0.15, 0.2) is 5.16 Å². The smallest absolute Gasteiger partial charge is 0.267 e. The first-order valence-electron chi connectivity index (χ1n) is 10.8. The molecule has 32 heavy (non-hydrogen) atoms. The van der Waals surface area contributed by atoms with E-state index in [2.05, 4.69) is 56.3 Å². The third kappa shape index (κ3) is 3.65. The van der Waals surface area contributed by atoms with E-state index in [-0.39, 0.29) is 5.56 Å². The zero-order chi connectivity index (χ0) is 22.2. The summed E-state index contributed by atoms with van der Waals surface area (Å²) in [5.74, 6) is 0.746. The summed E-state index contributed by atoms with van der Waals surface area (Å²) in [6, 6.07) is 22.9. The summed E-state index contributed by atoms with van der Waals surface area (Å²) in [7, 11) is 0. The Morgan fingerprint density at radius 1 is 0.969 bits per heavy atom. The molecule has 0 N–H and O–H groups in total. The molecule has 0 bridgehead atoms. The Morgan fingerprint density at radius 2 is 1.72 bits per heavy atom. The van der Waals surface area contributed by atoms with E-state index in [1.807, 2.05) is 31.2 Å². The van der Waals surface area contributed by atoms with Crippen LogP contribution in [-0.2, 0) is 12.2 Å². The predicted molar refractivity (Wildman–Crippen MR) is 138 cm³/mol. The molecule has 0 spiro atoms. The van der Waals surface area contributed by atoms with Crippen LogP contribution in [0.3, 0.4) is 0 Å². The average Bonchev–Trinajstić information content (AvgIpc) is 3.14. The van der Waals surface area contributed by atoms with Gasteiger partial charge in [0.2, 0.25) is 0 Å². The molecule has 0 atom stereocenters. The number of aryl methyl sites for hydroxylation is 3. The fourth-order valence-corrected chi connectivity index (χ4v) is 6.30. The van der Waals surface area contributed by atoms with Gasteiger partial charge in [0, 0.05) is 10.6 Å². The van der Waals surface area contributed by atoms with Crippen molar-refractivity contribution in [3.63, 3.8) is 0 Å². The van der Waals surface area contributed by atoms with Gasteiger partial charge in [0.05, 0.1) is 11.1 Å². The summed E-state index contributed by atoms with van der Waals surface area (Å²) in [4.78, 5) is 20.8. The number of thiophene rings is 1. The number of rotatable bonds is 5. The van der Waals surface area contributed by atoms with Crippen molar-refractivity contribution in [3.05, 3.63) is 98.7 Å². The van der Waals surface area contributed by atoms with Gasteiger partial charge < -0.3 is 0 Å². The summed E-state index contributed by atoms with van der Waals surface area (Å²) in [6.45, 7) is 6.23. The van der Waals surface area contributed by atoms with Crippen molar-refractivity contribution in [2.45, 2.75) is 38.1 Å². The molecule has 3 nitrogen and oxygen atoms in total. The molecular weight excluding hydrogens is 432 g/mol. The van der Waals surface area contributed by atoms with Crippen LogP contribution in [0.25, 0.3) is 26.7 Å². The van der Waals surface area contributed by atoms with Crippen molar-refractivity contribution < 1.29 is 0 Å². The molecule has 0 aliphatic rings. The zero-order valence-corrected chi connectivity index (χ0v) is 20.0. The quantitative estimate of drug-likeness (QED) is 0.209. The Morgan fingerprint density at radius 3 is 2.50 bits per heavy atom. The second-order valence-electron chi connectivity index (χ2n) is 7.98. The molecule has 0 saturated heterocycles. The van der Waals surface area contributed by atoms with E-state index in [9.17, 15) is 4.79 Å². The van der Waals surface area contributed by atoms with Crippen LogP contribution in [0.15, 0.2) is 76.7 Å². The highest BCUT2D eigenvalue weighted by Crippen LogP contribution is 2.32. The molecule has 3 aromatic carbocycles. The van der Waals surface area contributed by atoms with Crippen molar-refractivity contribution >= 4 is 44.1 Å². The van der Waals surface area contributed by atoms with Crippen molar-refractivity contribution in [2.24, 2.45) is 0 Å². The largest absolute Gasteiger partial charge is 0.268 e. The minimum absolute atomic E-state index is 0.0210. The molecule has 2 aromatic heterocycles. The fraction of sp³-hybridized carbons (Fsp3) is 0.185. The van der Waals surface area contributed by atoms with E-state index < -0.39 is 0 Å². The topological polar surface area (TPSA) is 34.9 Å². The number of hydrogen-bond acceptors (Lipinski definition) is 4. The minimum atomic E-state index is 0.0210. The summed E-state index contributed by atoms with van der Waals surface area (Å²) in [6.07, 6.45) is 0.912. The first-order valence-corrected chi connectivity index (χ1v) is 12.6. The molecule has 0 saturated carbocycles. The Bertz CT molecular complexity index is 1490. The molecule has 0 aliphatic heterocycles. The van der Waals surface area contributed by atoms with E-state index in [4.69, 9.17) is 4.98 Å². The Labute approximate surface area is 195 Å². The molecule has 5 rings (SSSR count). The highest BCUT2D eigenvalue weighted by Gasteiger charge is 2.19. The maximum Gasteiger partial charge on any atom is 0.267 e. The highest BCUT2D eigenvalue weighted by atomic mass is 32.2. The number of aromatic nitrogens is 2. The zero-order valence-electron chi connectivity index (χ0n) is 18.4. The first-order chi connectivity index (χ1) is 15.6. The van der Waals surface area contributed by atoms with Gasteiger partial charge in [-0.2, -0.15) is 0 Å². The third-order valence-corrected chi connectivity index (χ3v) is 8.20. The number of thioether (sulfide) groups is 1. The van der Waals surface area contributed by atoms with Gasteiger partial charge in [-0.25, -0.2) is 4.98 Å². The summed E-state index contributed by atoms with van der Waals surface area (Å²) >= 11 is 3.27. The number of fused-ring (bicyclic) bond motifs is 2. The summed E-state index contributed by atoms with van der Waals surface area (Å²) in [5, 5.41) is 3.96. The second-order valence-corrected chi connectivity index (χ2v) is 10.0. The molecule has 2 heterocycles. The standard InChI is InChI=1S/C27H24N2OS2/c1-4-23-18(3)24-25(32-23)28-27(29(26(24)30)21-14-12-17(2)13-15-21)31-16-20-10-7-9-19-8-5-6-11-22(19)20/h5-15H,4,16H2,1-3H3. The lowest BCUT2D eigenvalue weighted by atomic mass is 10.1. The number of benzene rings is 3. The van der Waals surface area contributed by atoms with Gasteiger partial charge in [0.1, 0.15) is 4.83 Å². The lowest BCUT2D eigenvalue weighted by Crippen LogP contribution is -2.21. The Hall–Kier alpha value is -2.89. The lowest BCUT2D eigenvalue weighted by molar-refractivity contribution is 0.821. The van der Waals surface area contributed by atoms with Crippen LogP contribution in [0.1, 0.15) is 28.5 Å². The molecule has 0 unspecified atom stereocenters. The second kappa shape index (κ2) is 8.57. The highest BCUT2D eigenvalue weighted by molar-refractivity contribution is 7.98. The van der Waals surface area contributed by atoms with Gasteiger partial charge in [-0.1, -0.05) is 78.8 Å². The average molecular weight is 457 g/mol. The predicted octanol–water partition coefficient (Wildman–Crippen LogP) is 7.07. The van der Waals surface area contributed by atoms with Gasteiger partial charge in [-0.3, -0.25) is 9.36 Å². The summed E-state index contributed by atoms with van der Waals surface area (Å²) < 4.78 is 1.79. The van der Waals surface area contributed by atoms with Gasteiger partial charge in [-0.15, -0.1) is 11.3 Å². The molecule has 0 aliphatic carbocycles. The lowest BCUT2D eigenvalue weighted by Gasteiger charge is -2.13. The Balaban J connectivity index is 1.66. The minimum Gasteiger partial charge on any atom is -0.268 e. The van der Waals surface area contributed by atoms with Crippen LogP contribution in [-0.4, -0.2) is 9.55 Å². The van der Waals surface area contributed by atoms with Gasteiger partial charge >= 0.3 is 0 Å². The van der Waals surface area contributed by atoms with Crippen molar-refractivity contribution in [2.75, 3.05) is 0 Å². The first kappa shape index (κ1) is 21.0. The van der Waals surface area contributed by atoms with E-state index >= 15 is 0 Å². The monoisotopic (exact) mass is 456 g/mol. The van der Waals surface area contributed by atoms with Crippen molar-refractivity contribution in [1.29, 1.82) is 0 Å². The van der Waals surface area contributed by atoms with Crippen LogP contribution < -0.4 is 5.56 Å². The van der Waals surface area contributed by atoms with E-state index in [0.717, 1.165) is 38.8 Å². The molecule has 160 valence electrons. The van der Waals surface area contributed by atoms with Crippen molar-refractivity contribution in [3.8, 4) is 5.69 Å². The summed E-state index contributed by atoms with van der Waals surface area (Å²) in [5.41, 5.74) is 4.36. The SMILES string of the molecule is CCc1sc2nc(SCc3cccc4ccccc34)n(-c3ccc(C)cc3)c(=O)c2c1C. The van der Waals surface area contributed by atoms with Crippen LogP contribution in [0.2, 0.25) is 0 Å². The van der Waals surface area contributed by atoms with Crippen LogP contribution in [0.5, 0.6) is 0 Å². The van der Waals surface area contributed by atoms with E-state index in [1.165, 1.54) is 26.8 Å². The molecule has 5 aromatic rings. The number of nitrogens with zero attached hydrogens (tertiary/aromatic N) is 2.